The van der Waals surface area contributed by atoms with Crippen LogP contribution in [0.25, 0.3) is 6.08 Å². The van der Waals surface area contributed by atoms with E-state index >= 15 is 0 Å². The summed E-state index contributed by atoms with van der Waals surface area (Å²) in [6.07, 6.45) is 1.40. The highest BCUT2D eigenvalue weighted by atomic mass is 127. The topological polar surface area (TPSA) is 105 Å². The van der Waals surface area contributed by atoms with Gasteiger partial charge in [0.05, 0.1) is 10.2 Å². The summed E-state index contributed by atoms with van der Waals surface area (Å²) in [6.45, 7) is 3.87. The van der Waals surface area contributed by atoms with Gasteiger partial charge in [0.2, 0.25) is 0 Å². The number of carbonyl (C=O) groups is 1. The van der Waals surface area contributed by atoms with Crippen molar-refractivity contribution in [2.75, 3.05) is 11.9 Å². The molecule has 35 heavy (non-hydrogen) atoms. The first-order valence-electron chi connectivity index (χ1n) is 10.3. The third kappa shape index (κ3) is 6.97. The van der Waals surface area contributed by atoms with Crippen molar-refractivity contribution in [1.29, 1.82) is 5.26 Å². The van der Waals surface area contributed by atoms with Crippen LogP contribution in [0.3, 0.4) is 0 Å². The van der Waals surface area contributed by atoms with Gasteiger partial charge in [-0.15, -0.1) is 0 Å². The zero-order chi connectivity index (χ0) is 25.6. The van der Waals surface area contributed by atoms with E-state index in [9.17, 15) is 18.5 Å². The summed E-state index contributed by atoms with van der Waals surface area (Å²) in [5.41, 5.74) is 1.86. The van der Waals surface area contributed by atoms with E-state index in [0.29, 0.717) is 19.8 Å². The first-order valence-corrected chi connectivity index (χ1v) is 13.2. The highest BCUT2D eigenvalue weighted by Gasteiger charge is 2.22. The van der Waals surface area contributed by atoms with Crippen molar-refractivity contribution in [2.24, 2.45) is 0 Å². The van der Waals surface area contributed by atoms with Crippen molar-refractivity contribution in [3.8, 4) is 17.6 Å². The Labute approximate surface area is 222 Å². The number of carbonyl (C=O) groups excluding carboxylic acids is 1. The second-order valence-corrected chi connectivity index (χ2v) is 10.4. The van der Waals surface area contributed by atoms with Crippen molar-refractivity contribution < 1.29 is 22.1 Å². The Morgan fingerprint density at radius 2 is 1.89 bits per heavy atom. The molecule has 0 spiro atoms. The lowest BCUT2D eigenvalue weighted by Crippen LogP contribution is -2.13. The number of nitriles is 1. The summed E-state index contributed by atoms with van der Waals surface area (Å²) in [5.74, 6) is -0.418. The number of benzene rings is 3. The van der Waals surface area contributed by atoms with Gasteiger partial charge in [0.1, 0.15) is 16.5 Å². The van der Waals surface area contributed by atoms with Crippen LogP contribution in [0.4, 0.5) is 5.69 Å². The highest BCUT2D eigenvalue weighted by molar-refractivity contribution is 14.1. The molecule has 0 fully saturated rings. The molecule has 0 saturated heterocycles. The summed E-state index contributed by atoms with van der Waals surface area (Å²) >= 11 is 7.76. The molecular weight excluding hydrogens is 603 g/mol. The fourth-order valence-electron chi connectivity index (χ4n) is 3.01. The molecule has 3 aromatic rings. The molecule has 0 aliphatic carbocycles. The summed E-state index contributed by atoms with van der Waals surface area (Å²) in [4.78, 5) is 12.6. The fraction of sp³-hybridized carbons (Fsp3) is 0.120. The Bertz CT molecular complexity index is 1430. The van der Waals surface area contributed by atoms with Crippen LogP contribution in [0.1, 0.15) is 18.1 Å². The molecule has 0 bridgehead atoms. The molecular formula is C25H20ClIN2O5S. The molecule has 1 amide bonds. The van der Waals surface area contributed by atoms with Crippen LogP contribution in [0, 0.1) is 21.8 Å². The van der Waals surface area contributed by atoms with Gasteiger partial charge in [0.25, 0.3) is 5.91 Å². The van der Waals surface area contributed by atoms with Gasteiger partial charge in [-0.2, -0.15) is 13.7 Å². The maximum absolute atomic E-state index is 12.8. The molecule has 3 aromatic carbocycles. The van der Waals surface area contributed by atoms with E-state index in [2.05, 4.69) is 5.32 Å². The van der Waals surface area contributed by atoms with Gasteiger partial charge < -0.3 is 14.2 Å². The third-order valence-corrected chi connectivity index (χ3v) is 6.87. The van der Waals surface area contributed by atoms with E-state index in [4.69, 9.17) is 20.5 Å². The SMILES string of the molecule is CCOc1cc(/C=C(\C#N)C(=O)Nc2cccc(C)c2)cc(I)c1OS(=O)(=O)c1ccc(Cl)cc1. The van der Waals surface area contributed by atoms with Gasteiger partial charge in [-0.1, -0.05) is 23.7 Å². The molecule has 0 aliphatic heterocycles. The summed E-state index contributed by atoms with van der Waals surface area (Å²) in [7, 11) is -4.16. The first-order chi connectivity index (χ1) is 16.6. The van der Waals surface area contributed by atoms with Crippen LogP contribution in [0.5, 0.6) is 11.5 Å². The molecule has 0 aromatic heterocycles. The lowest BCUT2D eigenvalue weighted by Gasteiger charge is -2.15. The van der Waals surface area contributed by atoms with Gasteiger partial charge in [0, 0.05) is 10.7 Å². The molecule has 0 unspecified atom stereocenters. The Kier molecular flexibility index (Phi) is 8.77. The molecule has 0 atom stereocenters. The lowest BCUT2D eigenvalue weighted by molar-refractivity contribution is -0.112. The van der Waals surface area contributed by atoms with Gasteiger partial charge in [-0.05, 0) is 102 Å². The van der Waals surface area contributed by atoms with Crippen molar-refractivity contribution >= 4 is 62.0 Å². The number of hydrogen-bond donors (Lipinski definition) is 1. The number of halogens is 2. The quantitative estimate of drug-likeness (QED) is 0.144. The monoisotopic (exact) mass is 622 g/mol. The molecule has 0 aliphatic rings. The van der Waals surface area contributed by atoms with Gasteiger partial charge >= 0.3 is 10.1 Å². The predicted molar refractivity (Wildman–Crippen MR) is 143 cm³/mol. The van der Waals surface area contributed by atoms with Crippen LogP contribution in [0.15, 0.2) is 71.1 Å². The van der Waals surface area contributed by atoms with E-state index in [0.717, 1.165) is 5.56 Å². The van der Waals surface area contributed by atoms with Gasteiger partial charge in [-0.25, -0.2) is 0 Å². The molecule has 7 nitrogen and oxygen atoms in total. The Morgan fingerprint density at radius 1 is 1.17 bits per heavy atom. The van der Waals surface area contributed by atoms with Crippen LogP contribution in [-0.2, 0) is 14.9 Å². The number of hydrogen-bond acceptors (Lipinski definition) is 6. The lowest BCUT2D eigenvalue weighted by atomic mass is 10.1. The number of amides is 1. The van der Waals surface area contributed by atoms with Gasteiger partial charge in [0.15, 0.2) is 11.5 Å². The van der Waals surface area contributed by atoms with Crippen LogP contribution < -0.4 is 14.2 Å². The third-order valence-electron chi connectivity index (χ3n) is 4.58. The zero-order valence-electron chi connectivity index (χ0n) is 18.7. The summed E-state index contributed by atoms with van der Waals surface area (Å²) < 4.78 is 37.0. The number of anilines is 1. The van der Waals surface area contributed by atoms with Crippen molar-refractivity contribution in [1.82, 2.24) is 0 Å². The molecule has 180 valence electrons. The largest absolute Gasteiger partial charge is 0.490 e. The molecule has 0 heterocycles. The maximum Gasteiger partial charge on any atom is 0.339 e. The van der Waals surface area contributed by atoms with Crippen molar-refractivity contribution in [2.45, 2.75) is 18.7 Å². The molecule has 10 heteroatoms. The number of aryl methyl sites for hydroxylation is 1. The average molecular weight is 623 g/mol. The second-order valence-electron chi connectivity index (χ2n) is 7.25. The fourth-order valence-corrected chi connectivity index (χ4v) is 4.98. The Hall–Kier alpha value is -3.07. The van der Waals surface area contributed by atoms with Gasteiger partial charge in [-0.3, -0.25) is 4.79 Å². The molecule has 3 rings (SSSR count). The minimum Gasteiger partial charge on any atom is -0.490 e. The first kappa shape index (κ1) is 26.5. The van der Waals surface area contributed by atoms with Crippen LogP contribution in [0.2, 0.25) is 5.02 Å². The average Bonchev–Trinajstić information content (AvgIpc) is 2.80. The van der Waals surface area contributed by atoms with E-state index < -0.39 is 16.0 Å². The van der Waals surface area contributed by atoms with E-state index in [1.165, 1.54) is 36.4 Å². The summed E-state index contributed by atoms with van der Waals surface area (Å²) in [6, 6.07) is 17.8. The van der Waals surface area contributed by atoms with Crippen LogP contribution in [-0.4, -0.2) is 20.9 Å². The molecule has 0 saturated carbocycles. The van der Waals surface area contributed by atoms with E-state index in [-0.39, 0.29) is 28.6 Å². The number of ether oxygens (including phenoxy) is 1. The summed E-state index contributed by atoms with van der Waals surface area (Å²) in [5, 5.41) is 12.6. The van der Waals surface area contributed by atoms with Crippen molar-refractivity contribution in [3.63, 3.8) is 0 Å². The highest BCUT2D eigenvalue weighted by Crippen LogP contribution is 2.37. The zero-order valence-corrected chi connectivity index (χ0v) is 22.4. The number of nitrogens with one attached hydrogen (secondary N) is 1. The van der Waals surface area contributed by atoms with Crippen molar-refractivity contribution in [3.05, 3.63) is 86.0 Å². The number of nitrogens with zero attached hydrogens (tertiary/aromatic N) is 1. The minimum absolute atomic E-state index is 0.00210. The van der Waals surface area contributed by atoms with Crippen LogP contribution >= 0.6 is 34.2 Å². The minimum atomic E-state index is -4.16. The number of rotatable bonds is 8. The molecule has 0 radical (unpaired) electrons. The predicted octanol–water partition coefficient (Wildman–Crippen LogP) is 5.97. The van der Waals surface area contributed by atoms with E-state index in [1.54, 1.807) is 31.2 Å². The standard InChI is InChI=1S/C25H20ClIN2O5S/c1-3-33-23-14-17(12-18(15-28)25(30)29-20-6-4-5-16(2)11-20)13-22(27)24(23)34-35(31,32)21-9-7-19(26)8-10-21/h4-14H,3H2,1-2H3,(H,29,30)/b18-12+. The van der Waals surface area contributed by atoms with E-state index in [1.807, 2.05) is 41.7 Å². The Balaban J connectivity index is 1.94. The normalized spacial score (nSPS) is 11.5. The molecule has 1 N–H and O–H groups in total. The second kappa shape index (κ2) is 11.6. The smallest absolute Gasteiger partial charge is 0.339 e. The Morgan fingerprint density at radius 3 is 2.51 bits per heavy atom. The maximum atomic E-state index is 12.8.